The molecule has 0 saturated heterocycles. The van der Waals surface area contributed by atoms with Crippen LogP contribution < -0.4 is 18.9 Å². The molecule has 0 radical (unpaired) electrons. The van der Waals surface area contributed by atoms with Crippen molar-refractivity contribution >= 4 is 33.0 Å². The number of carbonyl (C=O) groups is 1. The number of esters is 1. The summed E-state index contributed by atoms with van der Waals surface area (Å²) < 4.78 is 54.0. The molecule has 0 unspecified atom stereocenters. The molecular formula is C19H20N2O8S2. The van der Waals surface area contributed by atoms with E-state index in [0.717, 1.165) is 11.3 Å². The zero-order valence-corrected chi connectivity index (χ0v) is 18.8. The molecule has 0 bridgehead atoms. The number of hydrogen-bond donors (Lipinski definition) is 1. The van der Waals surface area contributed by atoms with E-state index in [1.54, 1.807) is 13.0 Å². The van der Waals surface area contributed by atoms with Gasteiger partial charge in [0.2, 0.25) is 5.75 Å². The lowest BCUT2D eigenvalue weighted by Crippen LogP contribution is -2.11. The highest BCUT2D eigenvalue weighted by molar-refractivity contribution is 7.94. The maximum atomic E-state index is 12.9. The number of ether oxygens (including phenoxy) is 4. The number of sulfonamides is 1. The van der Waals surface area contributed by atoms with Crippen LogP contribution in [0.15, 0.2) is 39.1 Å². The first-order valence-electron chi connectivity index (χ1n) is 8.89. The molecule has 0 aliphatic rings. The van der Waals surface area contributed by atoms with Crippen LogP contribution in [0.4, 0.5) is 5.69 Å². The third-order valence-corrected chi connectivity index (χ3v) is 6.97. The van der Waals surface area contributed by atoms with Gasteiger partial charge in [-0.1, -0.05) is 5.16 Å². The third-order valence-electron chi connectivity index (χ3n) is 4.00. The first-order valence-corrected chi connectivity index (χ1v) is 11.2. The molecule has 3 aromatic rings. The minimum Gasteiger partial charge on any atom is -0.493 e. The lowest BCUT2D eigenvalue weighted by molar-refractivity contribution is 0.0514. The maximum absolute atomic E-state index is 12.9. The van der Waals surface area contributed by atoms with Gasteiger partial charge in [0.15, 0.2) is 23.0 Å². The minimum absolute atomic E-state index is 0.00482. The van der Waals surface area contributed by atoms with Crippen LogP contribution in [0.1, 0.15) is 17.4 Å². The van der Waals surface area contributed by atoms with Crippen molar-refractivity contribution < 1.29 is 36.7 Å². The van der Waals surface area contributed by atoms with Gasteiger partial charge in [-0.3, -0.25) is 4.72 Å². The van der Waals surface area contributed by atoms with Crippen LogP contribution in [-0.2, 0) is 14.8 Å². The summed E-state index contributed by atoms with van der Waals surface area (Å²) in [5.41, 5.74) is 0.235. The smallest absolute Gasteiger partial charge is 0.360 e. The van der Waals surface area contributed by atoms with E-state index >= 15 is 0 Å². The van der Waals surface area contributed by atoms with Crippen LogP contribution >= 0.6 is 11.3 Å². The van der Waals surface area contributed by atoms with Crippen molar-refractivity contribution in [1.82, 2.24) is 5.16 Å². The van der Waals surface area contributed by atoms with Crippen LogP contribution in [0.2, 0.25) is 0 Å². The first-order chi connectivity index (χ1) is 14.8. The second-order valence-corrected chi connectivity index (χ2v) is 8.93. The van der Waals surface area contributed by atoms with Crippen molar-refractivity contribution in [3.05, 3.63) is 36.0 Å². The average Bonchev–Trinajstić information content (AvgIpc) is 3.42. The lowest BCUT2D eigenvalue weighted by atomic mass is 10.2. The number of benzene rings is 1. The van der Waals surface area contributed by atoms with Crippen LogP contribution in [0.5, 0.6) is 17.2 Å². The number of methoxy groups -OCH3 is 3. The van der Waals surface area contributed by atoms with Crippen molar-refractivity contribution in [1.29, 1.82) is 0 Å². The molecule has 1 N–H and O–H groups in total. The van der Waals surface area contributed by atoms with E-state index in [0.29, 0.717) is 22.1 Å². The van der Waals surface area contributed by atoms with Crippen LogP contribution in [0.25, 0.3) is 10.6 Å². The fourth-order valence-corrected chi connectivity index (χ4v) is 4.93. The SMILES string of the molecule is CCOC(=O)c1cc(-c2ccc(S(=O)(=O)Nc3cc(OC)c(OC)c(OC)c3)s2)on1. The summed E-state index contributed by atoms with van der Waals surface area (Å²) >= 11 is 0.955. The average molecular weight is 469 g/mol. The Morgan fingerprint density at radius 3 is 2.35 bits per heavy atom. The fourth-order valence-electron chi connectivity index (χ4n) is 2.64. The summed E-state index contributed by atoms with van der Waals surface area (Å²) in [5.74, 6) is 0.585. The summed E-state index contributed by atoms with van der Waals surface area (Å²) in [7, 11) is 0.395. The molecule has 12 heteroatoms. The van der Waals surface area contributed by atoms with E-state index in [1.165, 1.54) is 45.6 Å². The predicted octanol–water partition coefficient (Wildman–Crippen LogP) is 3.41. The highest BCUT2D eigenvalue weighted by atomic mass is 32.2. The summed E-state index contributed by atoms with van der Waals surface area (Å²) in [6, 6.07) is 7.34. The molecular weight excluding hydrogens is 448 g/mol. The summed E-state index contributed by atoms with van der Waals surface area (Å²) in [5, 5.41) is 3.66. The Labute approximate surface area is 182 Å². The summed E-state index contributed by atoms with van der Waals surface area (Å²) in [4.78, 5) is 12.2. The van der Waals surface area contributed by atoms with Gasteiger partial charge in [-0.2, -0.15) is 0 Å². The second kappa shape index (κ2) is 9.27. The van der Waals surface area contributed by atoms with Crippen molar-refractivity contribution in [2.45, 2.75) is 11.1 Å². The van der Waals surface area contributed by atoms with Crippen LogP contribution in [0, 0.1) is 0 Å². The van der Waals surface area contributed by atoms with Gasteiger partial charge in [0, 0.05) is 18.2 Å². The molecule has 10 nitrogen and oxygen atoms in total. The van der Waals surface area contributed by atoms with E-state index in [4.69, 9.17) is 23.5 Å². The number of thiophene rings is 1. The fraction of sp³-hybridized carbons (Fsp3) is 0.263. The van der Waals surface area contributed by atoms with Gasteiger partial charge in [0.25, 0.3) is 10.0 Å². The molecule has 2 aromatic heterocycles. The van der Waals surface area contributed by atoms with Gasteiger partial charge in [-0.25, -0.2) is 13.2 Å². The molecule has 3 rings (SSSR count). The molecule has 0 fully saturated rings. The molecule has 2 heterocycles. The Morgan fingerprint density at radius 2 is 1.77 bits per heavy atom. The zero-order chi connectivity index (χ0) is 22.6. The number of rotatable bonds is 9. The third kappa shape index (κ3) is 4.75. The van der Waals surface area contributed by atoms with Crippen LogP contribution in [0.3, 0.4) is 0 Å². The second-order valence-electron chi connectivity index (χ2n) is 5.94. The van der Waals surface area contributed by atoms with Gasteiger partial charge in [0.05, 0.1) is 38.5 Å². The quantitative estimate of drug-likeness (QED) is 0.470. The zero-order valence-electron chi connectivity index (χ0n) is 17.1. The van der Waals surface area contributed by atoms with Gasteiger partial charge >= 0.3 is 5.97 Å². The van der Waals surface area contributed by atoms with Crippen molar-refractivity contribution in [2.24, 2.45) is 0 Å². The van der Waals surface area contributed by atoms with Crippen molar-refractivity contribution in [2.75, 3.05) is 32.7 Å². The number of aromatic nitrogens is 1. The van der Waals surface area contributed by atoms with Gasteiger partial charge < -0.3 is 23.5 Å². The van der Waals surface area contributed by atoms with Crippen molar-refractivity contribution in [3.8, 4) is 27.9 Å². The molecule has 1 aromatic carbocycles. The van der Waals surface area contributed by atoms with E-state index in [2.05, 4.69) is 9.88 Å². The highest BCUT2D eigenvalue weighted by Gasteiger charge is 2.22. The van der Waals surface area contributed by atoms with Gasteiger partial charge in [-0.05, 0) is 19.1 Å². The number of nitrogens with one attached hydrogen (secondary N) is 1. The first kappa shape index (κ1) is 22.4. The Bertz CT molecular complexity index is 1160. The number of nitrogens with zero attached hydrogens (tertiary/aromatic N) is 1. The Balaban J connectivity index is 1.86. The van der Waals surface area contributed by atoms with E-state index in [9.17, 15) is 13.2 Å². The monoisotopic (exact) mass is 468 g/mol. The molecule has 0 amide bonds. The normalized spacial score (nSPS) is 11.1. The topological polar surface area (TPSA) is 126 Å². The van der Waals surface area contributed by atoms with Gasteiger partial charge in [-0.15, -0.1) is 11.3 Å². The molecule has 0 saturated carbocycles. The van der Waals surface area contributed by atoms with Gasteiger partial charge in [0.1, 0.15) is 4.21 Å². The highest BCUT2D eigenvalue weighted by Crippen LogP contribution is 2.41. The van der Waals surface area contributed by atoms with E-state index in [-0.39, 0.29) is 28.0 Å². The predicted molar refractivity (Wildman–Crippen MR) is 113 cm³/mol. The molecule has 0 spiro atoms. The number of anilines is 1. The summed E-state index contributed by atoms with van der Waals surface area (Å²) in [6.45, 7) is 1.88. The van der Waals surface area contributed by atoms with Crippen LogP contribution in [-0.4, -0.2) is 47.5 Å². The maximum Gasteiger partial charge on any atom is 0.360 e. The molecule has 0 atom stereocenters. The standard InChI is InChI=1S/C19H20N2O8S2/c1-5-28-19(22)12-10-13(29-20-12)16-6-7-17(30-16)31(23,24)21-11-8-14(25-2)18(27-4)15(9-11)26-3/h6-10,21H,5H2,1-4H3. The Kier molecular flexibility index (Phi) is 6.71. The molecule has 31 heavy (non-hydrogen) atoms. The minimum atomic E-state index is -3.93. The molecule has 0 aliphatic carbocycles. The Hall–Kier alpha value is -3.25. The number of hydrogen-bond acceptors (Lipinski definition) is 10. The Morgan fingerprint density at radius 1 is 1.10 bits per heavy atom. The lowest BCUT2D eigenvalue weighted by Gasteiger charge is -2.14. The van der Waals surface area contributed by atoms with Crippen molar-refractivity contribution in [3.63, 3.8) is 0 Å². The molecule has 166 valence electrons. The largest absolute Gasteiger partial charge is 0.493 e. The number of carbonyl (C=O) groups excluding carboxylic acids is 1. The van der Waals surface area contributed by atoms with E-state index in [1.807, 2.05) is 0 Å². The summed E-state index contributed by atoms with van der Waals surface area (Å²) in [6.07, 6.45) is 0. The van der Waals surface area contributed by atoms with E-state index < -0.39 is 16.0 Å². The molecule has 0 aliphatic heterocycles.